The zero-order chi connectivity index (χ0) is 16.9. The lowest BCUT2D eigenvalue weighted by Gasteiger charge is -2.11. The lowest BCUT2D eigenvalue weighted by atomic mass is 10.1. The number of hydrogen-bond acceptors (Lipinski definition) is 5. The van der Waals surface area contributed by atoms with Crippen molar-refractivity contribution in [2.75, 3.05) is 5.32 Å². The Bertz CT molecular complexity index is 822. The number of amides is 1. The molecule has 0 aliphatic heterocycles. The highest BCUT2D eigenvalue weighted by atomic mass is 19.3. The highest BCUT2D eigenvalue weighted by Crippen LogP contribution is 2.22. The largest absolute Gasteiger partial charge is 0.434 e. The maximum Gasteiger partial charge on any atom is 0.387 e. The van der Waals surface area contributed by atoms with E-state index in [9.17, 15) is 13.6 Å². The summed E-state index contributed by atoms with van der Waals surface area (Å²) in [5.74, 6) is -0.324. The quantitative estimate of drug-likeness (QED) is 0.750. The van der Waals surface area contributed by atoms with Crippen LogP contribution in [0, 0.1) is 0 Å². The molecule has 0 aliphatic carbocycles. The van der Waals surface area contributed by atoms with Gasteiger partial charge in [-0.25, -0.2) is 0 Å². The van der Waals surface area contributed by atoms with Gasteiger partial charge in [0, 0.05) is 11.3 Å². The van der Waals surface area contributed by atoms with Crippen molar-refractivity contribution >= 4 is 11.6 Å². The van der Waals surface area contributed by atoms with Crippen LogP contribution in [0.25, 0.3) is 11.4 Å². The standard InChI is InChI=1S/C15H11F2N5O2/c16-15(17)24-12-4-2-1-3-11(12)14(23)18-10-7-5-9(6-8-10)13-19-21-22-20-13/h1-8,15H,(H,18,23)(H,19,20,21,22). The monoisotopic (exact) mass is 331 g/mol. The number of anilines is 1. The summed E-state index contributed by atoms with van der Waals surface area (Å²) >= 11 is 0. The fourth-order valence-corrected chi connectivity index (χ4v) is 2.04. The van der Waals surface area contributed by atoms with Crippen molar-refractivity contribution in [2.24, 2.45) is 0 Å². The van der Waals surface area contributed by atoms with Crippen molar-refractivity contribution in [2.45, 2.75) is 6.61 Å². The number of tetrazole rings is 1. The van der Waals surface area contributed by atoms with Gasteiger partial charge in [0.1, 0.15) is 5.75 Å². The molecule has 0 radical (unpaired) electrons. The van der Waals surface area contributed by atoms with Gasteiger partial charge in [0.15, 0.2) is 0 Å². The molecule has 3 rings (SSSR count). The van der Waals surface area contributed by atoms with Crippen LogP contribution in [0.2, 0.25) is 0 Å². The van der Waals surface area contributed by atoms with E-state index in [1.54, 1.807) is 30.3 Å². The molecule has 0 atom stereocenters. The molecule has 24 heavy (non-hydrogen) atoms. The Labute approximate surface area is 134 Å². The number of nitrogens with one attached hydrogen (secondary N) is 2. The lowest BCUT2D eigenvalue weighted by Crippen LogP contribution is -2.14. The van der Waals surface area contributed by atoms with Gasteiger partial charge in [-0.1, -0.05) is 12.1 Å². The molecular formula is C15H11F2N5O2. The number of hydrogen-bond donors (Lipinski definition) is 2. The van der Waals surface area contributed by atoms with E-state index in [1.165, 1.54) is 18.2 Å². The van der Waals surface area contributed by atoms with E-state index in [0.717, 1.165) is 0 Å². The predicted octanol–water partition coefficient (Wildman–Crippen LogP) is 2.72. The summed E-state index contributed by atoms with van der Waals surface area (Å²) < 4.78 is 29.1. The highest BCUT2D eigenvalue weighted by molar-refractivity contribution is 6.06. The summed E-state index contributed by atoms with van der Waals surface area (Å²) in [6.45, 7) is -3.01. The second kappa shape index (κ2) is 6.82. The van der Waals surface area contributed by atoms with Gasteiger partial charge in [-0.2, -0.15) is 14.0 Å². The van der Waals surface area contributed by atoms with Gasteiger partial charge in [-0.05, 0) is 41.6 Å². The molecule has 122 valence electrons. The fourth-order valence-electron chi connectivity index (χ4n) is 2.04. The van der Waals surface area contributed by atoms with Crippen molar-refractivity contribution in [1.82, 2.24) is 20.6 Å². The third-order valence-electron chi connectivity index (χ3n) is 3.09. The third-order valence-corrected chi connectivity index (χ3v) is 3.09. The molecule has 0 fully saturated rings. The first-order valence-electron chi connectivity index (χ1n) is 6.82. The van der Waals surface area contributed by atoms with Crippen LogP contribution in [0.3, 0.4) is 0 Å². The van der Waals surface area contributed by atoms with Gasteiger partial charge in [0.2, 0.25) is 5.82 Å². The average Bonchev–Trinajstić information content (AvgIpc) is 3.10. The van der Waals surface area contributed by atoms with E-state index < -0.39 is 12.5 Å². The Morgan fingerprint density at radius 2 is 1.88 bits per heavy atom. The van der Waals surface area contributed by atoms with Gasteiger partial charge in [-0.3, -0.25) is 4.79 Å². The smallest absolute Gasteiger partial charge is 0.387 e. The fraction of sp³-hybridized carbons (Fsp3) is 0.0667. The van der Waals surface area contributed by atoms with Crippen LogP contribution >= 0.6 is 0 Å². The Morgan fingerprint density at radius 1 is 1.12 bits per heavy atom. The number of carbonyl (C=O) groups is 1. The van der Waals surface area contributed by atoms with Crippen LogP contribution in [0.15, 0.2) is 48.5 Å². The number of para-hydroxylation sites is 1. The van der Waals surface area contributed by atoms with Crippen LogP contribution in [0.1, 0.15) is 10.4 Å². The molecule has 2 aromatic carbocycles. The number of alkyl halides is 2. The van der Waals surface area contributed by atoms with E-state index in [-0.39, 0.29) is 11.3 Å². The number of nitrogens with zero attached hydrogens (tertiary/aromatic N) is 3. The molecule has 0 bridgehead atoms. The molecule has 3 aromatic rings. The molecule has 9 heteroatoms. The van der Waals surface area contributed by atoms with Gasteiger partial charge >= 0.3 is 6.61 Å². The minimum atomic E-state index is -3.01. The zero-order valence-corrected chi connectivity index (χ0v) is 12.1. The number of ether oxygens (including phenoxy) is 1. The van der Waals surface area contributed by atoms with Gasteiger partial charge < -0.3 is 10.1 Å². The van der Waals surface area contributed by atoms with Crippen molar-refractivity contribution in [3.63, 3.8) is 0 Å². The first kappa shape index (κ1) is 15.5. The van der Waals surface area contributed by atoms with Gasteiger partial charge in [-0.15, -0.1) is 10.2 Å². The number of carbonyl (C=O) groups excluding carboxylic acids is 1. The highest BCUT2D eigenvalue weighted by Gasteiger charge is 2.15. The van der Waals surface area contributed by atoms with Crippen molar-refractivity contribution in [1.29, 1.82) is 0 Å². The van der Waals surface area contributed by atoms with E-state index in [2.05, 4.69) is 30.7 Å². The molecular weight excluding hydrogens is 320 g/mol. The Kier molecular flexibility index (Phi) is 4.41. The molecule has 0 spiro atoms. The minimum absolute atomic E-state index is 0.0139. The minimum Gasteiger partial charge on any atom is -0.434 e. The summed E-state index contributed by atoms with van der Waals surface area (Å²) in [4.78, 5) is 12.3. The van der Waals surface area contributed by atoms with Crippen molar-refractivity contribution in [3.8, 4) is 17.1 Å². The molecule has 0 saturated carbocycles. The Hall–Kier alpha value is -3.36. The first-order valence-corrected chi connectivity index (χ1v) is 6.82. The lowest BCUT2D eigenvalue weighted by molar-refractivity contribution is -0.0501. The first-order chi connectivity index (χ1) is 11.6. The number of aromatic nitrogens is 4. The summed E-state index contributed by atoms with van der Waals surface area (Å²) in [5, 5.41) is 16.1. The Balaban J connectivity index is 1.75. The molecule has 1 amide bonds. The maximum atomic E-state index is 12.4. The molecule has 1 aromatic heterocycles. The van der Waals surface area contributed by atoms with E-state index in [0.29, 0.717) is 17.1 Å². The van der Waals surface area contributed by atoms with Crippen molar-refractivity contribution < 1.29 is 18.3 Å². The van der Waals surface area contributed by atoms with E-state index >= 15 is 0 Å². The number of aromatic amines is 1. The van der Waals surface area contributed by atoms with E-state index in [4.69, 9.17) is 0 Å². The molecule has 2 N–H and O–H groups in total. The van der Waals surface area contributed by atoms with Crippen LogP contribution in [0.4, 0.5) is 14.5 Å². The van der Waals surface area contributed by atoms with Crippen LogP contribution in [-0.2, 0) is 0 Å². The third kappa shape index (κ3) is 3.51. The number of H-pyrrole nitrogens is 1. The summed E-state index contributed by atoms with van der Waals surface area (Å²) in [6, 6.07) is 12.5. The molecule has 0 saturated heterocycles. The molecule has 1 heterocycles. The summed E-state index contributed by atoms with van der Waals surface area (Å²) in [6.07, 6.45) is 0. The normalized spacial score (nSPS) is 10.6. The summed E-state index contributed by atoms with van der Waals surface area (Å²) in [7, 11) is 0. The maximum absolute atomic E-state index is 12.4. The van der Waals surface area contributed by atoms with Crippen LogP contribution in [-0.4, -0.2) is 33.1 Å². The number of halogens is 2. The van der Waals surface area contributed by atoms with Crippen LogP contribution in [0.5, 0.6) is 5.75 Å². The zero-order valence-electron chi connectivity index (χ0n) is 12.1. The second-order valence-electron chi connectivity index (χ2n) is 4.64. The topological polar surface area (TPSA) is 92.8 Å². The molecule has 0 aliphatic rings. The van der Waals surface area contributed by atoms with E-state index in [1.807, 2.05) is 0 Å². The molecule has 7 nitrogen and oxygen atoms in total. The number of rotatable bonds is 5. The number of benzene rings is 2. The Morgan fingerprint density at radius 3 is 2.54 bits per heavy atom. The molecule has 0 unspecified atom stereocenters. The SMILES string of the molecule is O=C(Nc1ccc(-c2nn[nH]n2)cc1)c1ccccc1OC(F)F. The predicted molar refractivity (Wildman–Crippen MR) is 80.6 cm³/mol. The van der Waals surface area contributed by atoms with Crippen LogP contribution < -0.4 is 10.1 Å². The van der Waals surface area contributed by atoms with Crippen molar-refractivity contribution in [3.05, 3.63) is 54.1 Å². The van der Waals surface area contributed by atoms with Gasteiger partial charge in [0.05, 0.1) is 5.56 Å². The summed E-state index contributed by atoms with van der Waals surface area (Å²) in [5.41, 5.74) is 1.21. The van der Waals surface area contributed by atoms with Gasteiger partial charge in [0.25, 0.3) is 5.91 Å². The second-order valence-corrected chi connectivity index (χ2v) is 4.64. The average molecular weight is 331 g/mol.